The molecule has 1 aromatic heterocycles. The first kappa shape index (κ1) is 9.67. The molecule has 15 heavy (non-hydrogen) atoms. The molecule has 76 valence electrons. The monoisotopic (exact) mass is 220 g/mol. The van der Waals surface area contributed by atoms with Crippen molar-refractivity contribution < 1.29 is 9.59 Å². The van der Waals surface area contributed by atoms with Crippen molar-refractivity contribution in [1.29, 1.82) is 0 Å². The van der Waals surface area contributed by atoms with Crippen LogP contribution in [0.4, 0.5) is 5.69 Å². The molecule has 0 unspecified atom stereocenters. The second kappa shape index (κ2) is 3.70. The quantitative estimate of drug-likeness (QED) is 0.711. The van der Waals surface area contributed by atoms with Crippen molar-refractivity contribution in [1.82, 2.24) is 0 Å². The molecule has 2 amide bonds. The number of hydrogen-bond donors (Lipinski definition) is 2. The van der Waals surface area contributed by atoms with Crippen molar-refractivity contribution in [3.8, 4) is 0 Å². The fourth-order valence-corrected chi connectivity index (χ4v) is 2.15. The number of carbonyl (C=O) groups excluding carboxylic acids is 2. The average molecular weight is 220 g/mol. The van der Waals surface area contributed by atoms with Crippen molar-refractivity contribution in [2.75, 3.05) is 5.32 Å². The molecule has 1 aromatic carbocycles. The molecule has 0 fully saturated rings. The van der Waals surface area contributed by atoms with E-state index in [1.165, 1.54) is 11.3 Å². The van der Waals surface area contributed by atoms with E-state index in [9.17, 15) is 9.59 Å². The van der Waals surface area contributed by atoms with Gasteiger partial charge in [0.15, 0.2) is 0 Å². The highest BCUT2D eigenvalue weighted by molar-refractivity contribution is 7.17. The minimum atomic E-state index is -0.981. The summed E-state index contributed by atoms with van der Waals surface area (Å²) in [5, 5.41) is 5.16. The van der Waals surface area contributed by atoms with Crippen LogP contribution in [0.5, 0.6) is 0 Å². The Morgan fingerprint density at radius 3 is 2.73 bits per heavy atom. The molecular weight excluding hydrogens is 212 g/mol. The first-order valence-corrected chi connectivity index (χ1v) is 5.13. The Morgan fingerprint density at radius 1 is 1.27 bits per heavy atom. The maximum absolute atomic E-state index is 11.1. The standard InChI is InChI=1S/C10H8N2O2S/c11-9(13)10(14)12-7-5-15-8-4-2-1-3-6(7)8/h1-5H,(H2,11,13)(H,12,14). The highest BCUT2D eigenvalue weighted by Crippen LogP contribution is 2.29. The van der Waals surface area contributed by atoms with Crippen LogP contribution in [0.15, 0.2) is 29.6 Å². The summed E-state index contributed by atoms with van der Waals surface area (Å²) >= 11 is 1.50. The van der Waals surface area contributed by atoms with Gasteiger partial charge < -0.3 is 11.1 Å². The summed E-state index contributed by atoms with van der Waals surface area (Å²) in [7, 11) is 0. The molecule has 2 rings (SSSR count). The number of nitrogens with one attached hydrogen (secondary N) is 1. The lowest BCUT2D eigenvalue weighted by molar-refractivity contribution is -0.134. The number of anilines is 1. The summed E-state index contributed by atoms with van der Waals surface area (Å²) in [6.07, 6.45) is 0. The lowest BCUT2D eigenvalue weighted by Gasteiger charge is -1.99. The van der Waals surface area contributed by atoms with Gasteiger partial charge in [-0.2, -0.15) is 0 Å². The van der Waals surface area contributed by atoms with Crippen LogP contribution in [0.1, 0.15) is 0 Å². The van der Waals surface area contributed by atoms with Crippen LogP contribution in [0.3, 0.4) is 0 Å². The summed E-state index contributed by atoms with van der Waals surface area (Å²) in [5.74, 6) is -1.77. The van der Waals surface area contributed by atoms with E-state index in [2.05, 4.69) is 5.32 Å². The molecular formula is C10H8N2O2S. The van der Waals surface area contributed by atoms with E-state index in [0.29, 0.717) is 5.69 Å². The van der Waals surface area contributed by atoms with Gasteiger partial charge in [-0.1, -0.05) is 18.2 Å². The Bertz CT molecular complexity index is 533. The molecule has 0 radical (unpaired) electrons. The van der Waals surface area contributed by atoms with Gasteiger partial charge in [0.2, 0.25) is 0 Å². The van der Waals surface area contributed by atoms with Crippen molar-refractivity contribution in [3.63, 3.8) is 0 Å². The highest BCUT2D eigenvalue weighted by Gasteiger charge is 2.11. The van der Waals surface area contributed by atoms with Gasteiger partial charge in [-0.05, 0) is 6.07 Å². The van der Waals surface area contributed by atoms with E-state index in [4.69, 9.17) is 5.73 Å². The number of hydrogen-bond acceptors (Lipinski definition) is 3. The summed E-state index contributed by atoms with van der Waals surface area (Å²) in [6.45, 7) is 0. The van der Waals surface area contributed by atoms with E-state index in [0.717, 1.165) is 10.1 Å². The van der Waals surface area contributed by atoms with Gasteiger partial charge in [0.05, 0.1) is 5.69 Å². The molecule has 0 spiro atoms. The molecule has 4 nitrogen and oxygen atoms in total. The van der Waals surface area contributed by atoms with Crippen LogP contribution >= 0.6 is 11.3 Å². The number of nitrogens with two attached hydrogens (primary N) is 1. The Labute approximate surface area is 89.7 Å². The van der Waals surface area contributed by atoms with Crippen LogP contribution in [0, 0.1) is 0 Å². The normalized spacial score (nSPS) is 10.1. The topological polar surface area (TPSA) is 72.2 Å². The molecule has 2 aromatic rings. The van der Waals surface area contributed by atoms with Gasteiger partial charge in [-0.15, -0.1) is 11.3 Å². The second-order valence-electron chi connectivity index (χ2n) is 2.96. The molecule has 0 aliphatic heterocycles. The van der Waals surface area contributed by atoms with E-state index in [-0.39, 0.29) is 0 Å². The third kappa shape index (κ3) is 1.82. The van der Waals surface area contributed by atoms with Crippen LogP contribution < -0.4 is 11.1 Å². The Hall–Kier alpha value is -1.88. The van der Waals surface area contributed by atoms with Crippen LogP contribution in [-0.4, -0.2) is 11.8 Å². The van der Waals surface area contributed by atoms with E-state index < -0.39 is 11.8 Å². The zero-order chi connectivity index (χ0) is 10.8. The molecule has 0 aliphatic rings. The zero-order valence-corrected chi connectivity index (χ0v) is 8.51. The van der Waals surface area contributed by atoms with Gasteiger partial charge >= 0.3 is 11.8 Å². The van der Waals surface area contributed by atoms with Gasteiger partial charge in [0, 0.05) is 15.5 Å². The van der Waals surface area contributed by atoms with E-state index >= 15 is 0 Å². The van der Waals surface area contributed by atoms with Gasteiger partial charge in [0.1, 0.15) is 0 Å². The predicted molar refractivity (Wildman–Crippen MR) is 59.6 cm³/mol. The Kier molecular flexibility index (Phi) is 2.39. The van der Waals surface area contributed by atoms with E-state index in [1.807, 2.05) is 24.3 Å². The Morgan fingerprint density at radius 2 is 2.00 bits per heavy atom. The minimum Gasteiger partial charge on any atom is -0.361 e. The van der Waals surface area contributed by atoms with Crippen LogP contribution in [0.2, 0.25) is 0 Å². The predicted octanol–water partition coefficient (Wildman–Crippen LogP) is 1.33. The lowest BCUT2D eigenvalue weighted by Crippen LogP contribution is -2.29. The average Bonchev–Trinajstić information content (AvgIpc) is 2.62. The van der Waals surface area contributed by atoms with Gasteiger partial charge in [0.25, 0.3) is 0 Å². The fraction of sp³-hybridized carbons (Fsp3) is 0. The number of amides is 2. The smallest absolute Gasteiger partial charge is 0.313 e. The number of rotatable bonds is 1. The summed E-state index contributed by atoms with van der Waals surface area (Å²) < 4.78 is 1.05. The zero-order valence-electron chi connectivity index (χ0n) is 7.69. The first-order chi connectivity index (χ1) is 7.18. The molecule has 3 N–H and O–H groups in total. The first-order valence-electron chi connectivity index (χ1n) is 4.25. The minimum absolute atomic E-state index is 0.624. The fourth-order valence-electron chi connectivity index (χ4n) is 1.26. The molecule has 0 saturated heterocycles. The number of primary amides is 1. The van der Waals surface area contributed by atoms with Crippen molar-refractivity contribution >= 4 is 38.9 Å². The molecule has 0 aliphatic carbocycles. The van der Waals surface area contributed by atoms with Crippen molar-refractivity contribution in [3.05, 3.63) is 29.6 Å². The number of thiophene rings is 1. The highest BCUT2D eigenvalue weighted by atomic mass is 32.1. The maximum Gasteiger partial charge on any atom is 0.313 e. The SMILES string of the molecule is NC(=O)C(=O)Nc1csc2ccccc12. The molecule has 0 saturated carbocycles. The molecule has 1 heterocycles. The Balaban J connectivity index is 2.37. The molecule has 5 heteroatoms. The number of carbonyl (C=O) groups is 2. The lowest BCUT2D eigenvalue weighted by atomic mass is 10.2. The summed E-state index contributed by atoms with van der Waals surface area (Å²) in [6, 6.07) is 7.61. The van der Waals surface area contributed by atoms with Crippen molar-refractivity contribution in [2.24, 2.45) is 5.73 Å². The van der Waals surface area contributed by atoms with Gasteiger partial charge in [-0.3, -0.25) is 9.59 Å². The largest absolute Gasteiger partial charge is 0.361 e. The molecule has 0 atom stereocenters. The molecule has 0 bridgehead atoms. The third-order valence-corrected chi connectivity index (χ3v) is 2.92. The van der Waals surface area contributed by atoms with Crippen LogP contribution in [0.25, 0.3) is 10.1 Å². The summed E-state index contributed by atoms with van der Waals surface area (Å²) in [5.41, 5.74) is 5.47. The van der Waals surface area contributed by atoms with E-state index in [1.54, 1.807) is 5.38 Å². The second-order valence-corrected chi connectivity index (χ2v) is 3.88. The number of benzene rings is 1. The van der Waals surface area contributed by atoms with Crippen molar-refractivity contribution in [2.45, 2.75) is 0 Å². The number of fused-ring (bicyclic) bond motifs is 1. The van der Waals surface area contributed by atoms with Gasteiger partial charge in [-0.25, -0.2) is 0 Å². The maximum atomic E-state index is 11.1. The third-order valence-electron chi connectivity index (χ3n) is 1.95. The van der Waals surface area contributed by atoms with Crippen LogP contribution in [-0.2, 0) is 9.59 Å². The summed E-state index contributed by atoms with van der Waals surface area (Å²) in [4.78, 5) is 21.6.